The lowest BCUT2D eigenvalue weighted by molar-refractivity contribution is 0.310. The van der Waals surface area contributed by atoms with E-state index < -0.39 is 9.84 Å². The largest absolute Gasteiger partial charge is 0.323 e. The van der Waals surface area contributed by atoms with Crippen LogP contribution in [0.4, 0.5) is 0 Å². The molecule has 19 heavy (non-hydrogen) atoms. The van der Waals surface area contributed by atoms with Crippen LogP contribution in [-0.2, 0) is 9.84 Å². The number of rotatable bonds is 3. The van der Waals surface area contributed by atoms with Gasteiger partial charge < -0.3 is 5.73 Å². The molecule has 108 valence electrons. The third-order valence-corrected chi connectivity index (χ3v) is 6.84. The molecule has 0 aromatic carbocycles. The summed E-state index contributed by atoms with van der Waals surface area (Å²) in [6.07, 6.45) is 4.78. The molecule has 4 nitrogen and oxygen atoms in total. The maximum atomic E-state index is 11.7. The summed E-state index contributed by atoms with van der Waals surface area (Å²) in [5.74, 6) is 0.257. The van der Waals surface area contributed by atoms with Crippen molar-refractivity contribution in [2.75, 3.05) is 6.26 Å². The first-order valence-electron chi connectivity index (χ1n) is 6.67. The van der Waals surface area contributed by atoms with Gasteiger partial charge in [-0.2, -0.15) is 0 Å². The van der Waals surface area contributed by atoms with Crippen LogP contribution < -0.4 is 5.73 Å². The van der Waals surface area contributed by atoms with Gasteiger partial charge in [0.05, 0.1) is 16.0 Å². The molecule has 0 aliphatic heterocycles. The van der Waals surface area contributed by atoms with Crippen LogP contribution in [0.3, 0.4) is 0 Å². The zero-order valence-corrected chi connectivity index (χ0v) is 13.4. The van der Waals surface area contributed by atoms with E-state index in [2.05, 4.69) is 4.98 Å². The molecular formula is C13H22N2O2S2. The fourth-order valence-corrected chi connectivity index (χ4v) is 5.18. The van der Waals surface area contributed by atoms with Crippen molar-refractivity contribution in [2.45, 2.75) is 50.8 Å². The van der Waals surface area contributed by atoms with Gasteiger partial charge in [0, 0.05) is 17.2 Å². The molecule has 3 unspecified atom stereocenters. The molecule has 1 aliphatic rings. The maximum Gasteiger partial charge on any atom is 0.150 e. The van der Waals surface area contributed by atoms with Gasteiger partial charge in [-0.1, -0.05) is 6.42 Å². The number of aromatic nitrogens is 1. The molecule has 0 saturated heterocycles. The van der Waals surface area contributed by atoms with E-state index in [1.165, 1.54) is 6.26 Å². The van der Waals surface area contributed by atoms with Crippen molar-refractivity contribution >= 4 is 21.2 Å². The molecule has 0 amide bonds. The number of thiazole rings is 1. The van der Waals surface area contributed by atoms with Crippen LogP contribution in [0, 0.1) is 19.8 Å². The van der Waals surface area contributed by atoms with Gasteiger partial charge in [-0.05, 0) is 39.0 Å². The number of hydrogen-bond donors (Lipinski definition) is 1. The Balaban J connectivity index is 2.15. The zero-order valence-electron chi connectivity index (χ0n) is 11.7. The molecule has 3 atom stereocenters. The number of nitrogens with zero attached hydrogens (tertiary/aromatic N) is 1. The Kier molecular flexibility index (Phi) is 4.32. The smallest absolute Gasteiger partial charge is 0.150 e. The molecule has 0 radical (unpaired) electrons. The minimum atomic E-state index is -2.95. The van der Waals surface area contributed by atoms with Crippen molar-refractivity contribution in [1.82, 2.24) is 4.98 Å². The van der Waals surface area contributed by atoms with E-state index in [0.29, 0.717) is 6.42 Å². The minimum absolute atomic E-state index is 0.0734. The first-order chi connectivity index (χ1) is 8.79. The summed E-state index contributed by atoms with van der Waals surface area (Å²) < 4.78 is 23.4. The van der Waals surface area contributed by atoms with Crippen LogP contribution in [0.5, 0.6) is 0 Å². The van der Waals surface area contributed by atoms with E-state index in [0.717, 1.165) is 34.8 Å². The highest BCUT2D eigenvalue weighted by Crippen LogP contribution is 2.38. The van der Waals surface area contributed by atoms with Gasteiger partial charge in [0.25, 0.3) is 0 Å². The van der Waals surface area contributed by atoms with E-state index in [9.17, 15) is 8.42 Å². The lowest BCUT2D eigenvalue weighted by Crippen LogP contribution is -2.32. The van der Waals surface area contributed by atoms with Gasteiger partial charge in [-0.3, -0.25) is 0 Å². The second-order valence-electron chi connectivity index (χ2n) is 5.59. The topological polar surface area (TPSA) is 73.0 Å². The van der Waals surface area contributed by atoms with Gasteiger partial charge in [-0.15, -0.1) is 11.3 Å². The lowest BCUT2D eigenvalue weighted by atomic mass is 9.83. The quantitative estimate of drug-likeness (QED) is 0.930. The number of aryl methyl sites for hydroxylation is 2. The Morgan fingerprint density at radius 2 is 2.05 bits per heavy atom. The zero-order chi connectivity index (χ0) is 14.2. The number of hydrogen-bond acceptors (Lipinski definition) is 5. The Bertz CT molecular complexity index is 551. The molecule has 1 fully saturated rings. The summed E-state index contributed by atoms with van der Waals surface area (Å²) in [6.45, 7) is 3.96. The van der Waals surface area contributed by atoms with Gasteiger partial charge in [0.15, 0.2) is 0 Å². The van der Waals surface area contributed by atoms with E-state index in [4.69, 9.17) is 5.73 Å². The molecular weight excluding hydrogens is 280 g/mol. The molecule has 1 aromatic heterocycles. The average molecular weight is 302 g/mol. The SMILES string of the molecule is Cc1nc(C)c(C(N)C2CCCC(S(C)(=O)=O)C2)s1. The van der Waals surface area contributed by atoms with Crippen LogP contribution in [0.1, 0.15) is 47.3 Å². The Morgan fingerprint density at radius 3 is 2.58 bits per heavy atom. The van der Waals surface area contributed by atoms with Crippen LogP contribution in [0.25, 0.3) is 0 Å². The van der Waals surface area contributed by atoms with Gasteiger partial charge >= 0.3 is 0 Å². The van der Waals surface area contributed by atoms with Crippen molar-refractivity contribution in [1.29, 1.82) is 0 Å². The second kappa shape index (κ2) is 5.50. The molecule has 0 spiro atoms. The molecule has 2 rings (SSSR count). The first-order valence-corrected chi connectivity index (χ1v) is 9.44. The van der Waals surface area contributed by atoms with Crippen molar-refractivity contribution in [3.8, 4) is 0 Å². The van der Waals surface area contributed by atoms with Crippen LogP contribution >= 0.6 is 11.3 Å². The first kappa shape index (κ1) is 14.9. The van der Waals surface area contributed by atoms with E-state index >= 15 is 0 Å². The monoisotopic (exact) mass is 302 g/mol. The summed E-state index contributed by atoms with van der Waals surface area (Å²) in [4.78, 5) is 5.54. The van der Waals surface area contributed by atoms with Crippen LogP contribution in [0.2, 0.25) is 0 Å². The fraction of sp³-hybridized carbons (Fsp3) is 0.769. The molecule has 1 aliphatic carbocycles. The van der Waals surface area contributed by atoms with Crippen LogP contribution in [-0.4, -0.2) is 24.9 Å². The molecule has 0 bridgehead atoms. The summed E-state index contributed by atoms with van der Waals surface area (Å²) >= 11 is 1.64. The van der Waals surface area contributed by atoms with Crippen molar-refractivity contribution in [3.63, 3.8) is 0 Å². The van der Waals surface area contributed by atoms with Crippen molar-refractivity contribution in [3.05, 3.63) is 15.6 Å². The summed E-state index contributed by atoms with van der Waals surface area (Å²) in [5.41, 5.74) is 7.36. The number of sulfone groups is 1. The van der Waals surface area contributed by atoms with Crippen LogP contribution in [0.15, 0.2) is 0 Å². The number of nitrogens with two attached hydrogens (primary N) is 1. The second-order valence-corrected chi connectivity index (χ2v) is 9.15. The highest BCUT2D eigenvalue weighted by Gasteiger charge is 2.33. The molecule has 1 saturated carbocycles. The fourth-order valence-electron chi connectivity index (χ4n) is 2.97. The summed E-state index contributed by atoms with van der Waals surface area (Å²) in [7, 11) is -2.95. The van der Waals surface area contributed by atoms with E-state index in [-0.39, 0.29) is 17.2 Å². The minimum Gasteiger partial charge on any atom is -0.323 e. The summed E-state index contributed by atoms with van der Waals surface area (Å²) in [5, 5.41) is 0.810. The third-order valence-electron chi connectivity index (χ3n) is 4.02. The molecule has 2 N–H and O–H groups in total. The Morgan fingerprint density at radius 1 is 1.37 bits per heavy atom. The molecule has 1 aromatic rings. The standard InChI is InChI=1S/C13H22N2O2S2/c1-8-13(18-9(2)15-8)12(14)10-5-4-6-11(7-10)19(3,16)17/h10-12H,4-7,14H2,1-3H3. The Hall–Kier alpha value is -0.460. The lowest BCUT2D eigenvalue weighted by Gasteiger charge is -2.31. The van der Waals surface area contributed by atoms with E-state index in [1.54, 1.807) is 11.3 Å². The Labute approximate surface area is 119 Å². The predicted octanol–water partition coefficient (Wildman–Crippen LogP) is 2.36. The molecule has 6 heteroatoms. The normalized spacial score (nSPS) is 26.3. The van der Waals surface area contributed by atoms with Crippen molar-refractivity contribution in [2.24, 2.45) is 11.7 Å². The molecule has 1 heterocycles. The van der Waals surface area contributed by atoms with Gasteiger partial charge in [-0.25, -0.2) is 13.4 Å². The third kappa shape index (κ3) is 3.35. The van der Waals surface area contributed by atoms with E-state index in [1.807, 2.05) is 13.8 Å². The summed E-state index contributed by atoms with van der Waals surface area (Å²) in [6, 6.07) is -0.0734. The average Bonchev–Trinajstić information content (AvgIpc) is 2.66. The predicted molar refractivity (Wildman–Crippen MR) is 79.1 cm³/mol. The van der Waals surface area contributed by atoms with Gasteiger partial charge in [0.2, 0.25) is 0 Å². The highest BCUT2D eigenvalue weighted by atomic mass is 32.2. The van der Waals surface area contributed by atoms with Crippen molar-refractivity contribution < 1.29 is 8.42 Å². The maximum absolute atomic E-state index is 11.7. The van der Waals surface area contributed by atoms with Gasteiger partial charge in [0.1, 0.15) is 9.84 Å². The highest BCUT2D eigenvalue weighted by molar-refractivity contribution is 7.91.